The number of nitrogens with two attached hydrogens (primary N) is 1. The minimum Gasteiger partial charge on any atom is -0.399 e. The van der Waals surface area contributed by atoms with Crippen molar-refractivity contribution >= 4 is 11.6 Å². The van der Waals surface area contributed by atoms with Crippen LogP contribution in [0.5, 0.6) is 0 Å². The van der Waals surface area contributed by atoms with Crippen molar-refractivity contribution in [3.8, 4) is 0 Å². The first-order valence-corrected chi connectivity index (χ1v) is 5.67. The number of nitrogens with zero attached hydrogens (tertiary/aromatic N) is 1. The third kappa shape index (κ3) is 3.35. The number of hydrogen-bond acceptors (Lipinski definition) is 4. The van der Waals surface area contributed by atoms with E-state index in [0.29, 0.717) is 18.7 Å². The normalized spacial score (nSPS) is 10.3. The first-order chi connectivity index (χ1) is 8.63. The molecule has 94 valence electrons. The van der Waals surface area contributed by atoms with Crippen molar-refractivity contribution in [1.82, 2.24) is 10.5 Å². The summed E-state index contributed by atoms with van der Waals surface area (Å²) in [4.78, 5) is 11.7. The molecule has 0 aliphatic rings. The Morgan fingerprint density at radius 2 is 2.11 bits per heavy atom. The van der Waals surface area contributed by atoms with Crippen molar-refractivity contribution in [3.63, 3.8) is 0 Å². The van der Waals surface area contributed by atoms with Gasteiger partial charge in [-0.15, -0.1) is 0 Å². The number of amides is 1. The van der Waals surface area contributed by atoms with Gasteiger partial charge in [0.2, 0.25) is 5.91 Å². The van der Waals surface area contributed by atoms with Crippen molar-refractivity contribution in [2.45, 2.75) is 19.9 Å². The number of anilines is 1. The molecule has 0 aliphatic heterocycles. The second-order valence-corrected chi connectivity index (χ2v) is 4.12. The van der Waals surface area contributed by atoms with E-state index in [4.69, 9.17) is 10.3 Å². The van der Waals surface area contributed by atoms with E-state index >= 15 is 0 Å². The number of carbonyl (C=O) groups excluding carboxylic acids is 1. The third-order valence-electron chi connectivity index (χ3n) is 2.49. The van der Waals surface area contributed by atoms with E-state index in [1.165, 1.54) is 0 Å². The number of benzene rings is 1. The highest BCUT2D eigenvalue weighted by Gasteiger charge is 2.05. The lowest BCUT2D eigenvalue weighted by Crippen LogP contribution is -2.24. The Balaban J connectivity index is 1.83. The second-order valence-electron chi connectivity index (χ2n) is 4.12. The average Bonchev–Trinajstić information content (AvgIpc) is 2.76. The zero-order valence-electron chi connectivity index (χ0n) is 10.1. The van der Waals surface area contributed by atoms with E-state index in [1.807, 2.05) is 19.1 Å². The topological polar surface area (TPSA) is 81.2 Å². The van der Waals surface area contributed by atoms with Gasteiger partial charge in [-0.1, -0.05) is 17.3 Å². The molecule has 5 nitrogen and oxygen atoms in total. The largest absolute Gasteiger partial charge is 0.399 e. The van der Waals surface area contributed by atoms with Crippen molar-refractivity contribution in [3.05, 3.63) is 47.3 Å². The molecule has 0 bridgehead atoms. The van der Waals surface area contributed by atoms with Gasteiger partial charge in [-0.25, -0.2) is 0 Å². The highest BCUT2D eigenvalue weighted by atomic mass is 16.5. The van der Waals surface area contributed by atoms with Crippen LogP contribution in [0.4, 0.5) is 5.69 Å². The van der Waals surface area contributed by atoms with Crippen LogP contribution in [0.3, 0.4) is 0 Å². The number of aromatic nitrogens is 1. The Hall–Kier alpha value is -2.30. The molecule has 0 saturated carbocycles. The summed E-state index contributed by atoms with van der Waals surface area (Å²) in [6.45, 7) is 2.19. The molecule has 1 amide bonds. The number of nitrogen functional groups attached to an aromatic ring is 1. The number of aryl methyl sites for hydroxylation is 1. The minimum absolute atomic E-state index is 0.0552. The fourth-order valence-electron chi connectivity index (χ4n) is 1.57. The first kappa shape index (κ1) is 12.2. The molecule has 1 aromatic carbocycles. The van der Waals surface area contributed by atoms with Gasteiger partial charge in [0.05, 0.1) is 13.0 Å². The number of rotatable bonds is 4. The van der Waals surface area contributed by atoms with Gasteiger partial charge < -0.3 is 15.6 Å². The van der Waals surface area contributed by atoms with E-state index < -0.39 is 0 Å². The Morgan fingerprint density at radius 1 is 1.39 bits per heavy atom. The lowest BCUT2D eigenvalue weighted by Gasteiger charge is -2.03. The molecule has 5 heteroatoms. The molecular weight excluding hydrogens is 230 g/mol. The molecule has 0 saturated heterocycles. The van der Waals surface area contributed by atoms with Crippen LogP contribution in [0.15, 0.2) is 34.9 Å². The molecule has 0 spiro atoms. The smallest absolute Gasteiger partial charge is 0.224 e. The van der Waals surface area contributed by atoms with Gasteiger partial charge in [0.1, 0.15) is 11.5 Å². The van der Waals surface area contributed by atoms with E-state index in [-0.39, 0.29) is 5.91 Å². The van der Waals surface area contributed by atoms with Crippen LogP contribution in [0.25, 0.3) is 0 Å². The average molecular weight is 245 g/mol. The molecule has 0 aliphatic carbocycles. The Morgan fingerprint density at radius 3 is 2.72 bits per heavy atom. The van der Waals surface area contributed by atoms with Crippen LogP contribution in [-0.2, 0) is 17.8 Å². The summed E-state index contributed by atoms with van der Waals surface area (Å²) < 4.78 is 4.91. The SMILES string of the molecule is Cc1cc(CNC(=O)Cc2ccc(N)cc2)no1. The molecule has 0 unspecified atom stereocenters. The zero-order valence-corrected chi connectivity index (χ0v) is 10.1. The van der Waals surface area contributed by atoms with E-state index in [1.54, 1.807) is 18.2 Å². The van der Waals surface area contributed by atoms with Crippen LogP contribution in [0.1, 0.15) is 17.0 Å². The van der Waals surface area contributed by atoms with Gasteiger partial charge in [-0.3, -0.25) is 4.79 Å². The molecule has 2 aromatic rings. The lowest BCUT2D eigenvalue weighted by molar-refractivity contribution is -0.120. The monoisotopic (exact) mass is 245 g/mol. The predicted octanol–water partition coefficient (Wildman–Crippen LogP) is 1.42. The fourth-order valence-corrected chi connectivity index (χ4v) is 1.57. The van der Waals surface area contributed by atoms with Crippen LogP contribution in [0, 0.1) is 6.92 Å². The van der Waals surface area contributed by atoms with Gasteiger partial charge in [-0.2, -0.15) is 0 Å². The summed E-state index contributed by atoms with van der Waals surface area (Å²) >= 11 is 0. The predicted molar refractivity (Wildman–Crippen MR) is 67.6 cm³/mol. The summed E-state index contributed by atoms with van der Waals surface area (Å²) in [5.41, 5.74) is 7.92. The highest BCUT2D eigenvalue weighted by Crippen LogP contribution is 2.06. The van der Waals surface area contributed by atoms with Gasteiger partial charge in [0, 0.05) is 11.8 Å². The summed E-state index contributed by atoms with van der Waals surface area (Å²) in [7, 11) is 0. The fraction of sp³-hybridized carbons (Fsp3) is 0.231. The molecule has 1 heterocycles. The van der Waals surface area contributed by atoms with Crippen molar-refractivity contribution in [1.29, 1.82) is 0 Å². The maximum absolute atomic E-state index is 11.7. The first-order valence-electron chi connectivity index (χ1n) is 5.67. The molecule has 0 atom stereocenters. The summed E-state index contributed by atoms with van der Waals surface area (Å²) in [5.74, 6) is 0.679. The van der Waals surface area contributed by atoms with E-state index in [2.05, 4.69) is 10.5 Å². The highest BCUT2D eigenvalue weighted by molar-refractivity contribution is 5.78. The van der Waals surface area contributed by atoms with Gasteiger partial charge >= 0.3 is 0 Å². The molecule has 3 N–H and O–H groups in total. The third-order valence-corrected chi connectivity index (χ3v) is 2.49. The van der Waals surface area contributed by atoms with E-state index in [9.17, 15) is 4.79 Å². The summed E-state index contributed by atoms with van der Waals surface area (Å²) in [6.07, 6.45) is 0.330. The van der Waals surface area contributed by atoms with Crippen LogP contribution in [-0.4, -0.2) is 11.1 Å². The molecule has 18 heavy (non-hydrogen) atoms. The number of carbonyl (C=O) groups is 1. The summed E-state index contributed by atoms with van der Waals surface area (Å²) in [5, 5.41) is 6.58. The van der Waals surface area contributed by atoms with Crippen molar-refractivity contribution in [2.24, 2.45) is 0 Å². The van der Waals surface area contributed by atoms with Gasteiger partial charge in [-0.05, 0) is 24.6 Å². The summed E-state index contributed by atoms with van der Waals surface area (Å²) in [6, 6.07) is 9.04. The van der Waals surface area contributed by atoms with Crippen LogP contribution >= 0.6 is 0 Å². The Kier molecular flexibility index (Phi) is 3.62. The van der Waals surface area contributed by atoms with Gasteiger partial charge in [0.15, 0.2) is 0 Å². The molecule has 1 aromatic heterocycles. The van der Waals surface area contributed by atoms with E-state index in [0.717, 1.165) is 17.0 Å². The Labute approximate surface area is 105 Å². The zero-order chi connectivity index (χ0) is 13.0. The Bertz CT molecular complexity index is 531. The van der Waals surface area contributed by atoms with Crippen LogP contribution in [0.2, 0.25) is 0 Å². The van der Waals surface area contributed by atoms with Crippen molar-refractivity contribution in [2.75, 3.05) is 5.73 Å². The quantitative estimate of drug-likeness (QED) is 0.798. The molecule has 2 rings (SSSR count). The van der Waals surface area contributed by atoms with Crippen LogP contribution < -0.4 is 11.1 Å². The standard InChI is InChI=1S/C13H15N3O2/c1-9-6-12(16-18-9)8-15-13(17)7-10-2-4-11(14)5-3-10/h2-6H,7-8,14H2,1H3,(H,15,17). The maximum Gasteiger partial charge on any atom is 0.224 e. The maximum atomic E-state index is 11.7. The van der Waals surface area contributed by atoms with Gasteiger partial charge in [0.25, 0.3) is 0 Å². The molecular formula is C13H15N3O2. The van der Waals surface area contributed by atoms with Crippen molar-refractivity contribution < 1.29 is 9.32 Å². The number of hydrogen-bond donors (Lipinski definition) is 2. The lowest BCUT2D eigenvalue weighted by atomic mass is 10.1. The number of nitrogens with one attached hydrogen (secondary N) is 1. The molecule has 0 fully saturated rings. The molecule has 0 radical (unpaired) electrons. The minimum atomic E-state index is -0.0552. The second kappa shape index (κ2) is 5.35.